The van der Waals surface area contributed by atoms with Gasteiger partial charge in [0.15, 0.2) is 5.78 Å². The topological polar surface area (TPSA) is 63.2 Å². The molecule has 1 aliphatic rings. The van der Waals surface area contributed by atoms with Crippen LogP contribution >= 0.6 is 34.8 Å². The van der Waals surface area contributed by atoms with E-state index in [1.165, 1.54) is 6.07 Å². The fourth-order valence-electron chi connectivity index (χ4n) is 4.99. The van der Waals surface area contributed by atoms with Crippen LogP contribution in [0.4, 0.5) is 54.0 Å². The zero-order chi connectivity index (χ0) is 36.9. The second-order valence-corrected chi connectivity index (χ2v) is 12.9. The molecule has 18 heteroatoms. The largest absolute Gasteiger partial charge is 0.453 e. The molecule has 3 aromatic rings. The minimum atomic E-state index is -5.93. The summed E-state index contributed by atoms with van der Waals surface area (Å²) in [5, 5.41) is 2.18. The van der Waals surface area contributed by atoms with Crippen molar-refractivity contribution in [1.82, 2.24) is 0 Å². The predicted octanol–water partition coefficient (Wildman–Crippen LogP) is 9.82. The van der Waals surface area contributed by atoms with E-state index in [9.17, 15) is 58.3 Å². The van der Waals surface area contributed by atoms with Crippen LogP contribution in [0.25, 0.3) is 0 Å². The number of halogens is 14. The number of hydrogen-bond donors (Lipinski definition) is 1. The molecular formula is C31H19Cl3F11NO3. The Morgan fingerprint density at radius 2 is 1.45 bits per heavy atom. The Labute approximate surface area is 284 Å². The van der Waals surface area contributed by atoms with Gasteiger partial charge in [-0.3, -0.25) is 14.4 Å². The molecule has 264 valence electrons. The molecule has 0 aliphatic heterocycles. The number of carbonyl (C=O) groups is 3. The minimum Gasteiger partial charge on any atom is -0.326 e. The van der Waals surface area contributed by atoms with E-state index in [4.69, 9.17) is 34.8 Å². The van der Waals surface area contributed by atoms with Gasteiger partial charge in [0.2, 0.25) is 5.91 Å². The molecule has 0 spiro atoms. The SMILES string of the molecule is O=C(CCC(F)(F)C(F)(F)F)Cc1c(F)ccc(CC(=O)c2cc(NC(=O)[C@H]3[C@H](c4ccc(F)c(C(F)(F)F)c4)C3(Cl)Cl)ccc2Cl)c1F. The minimum absolute atomic E-state index is 0.0934. The first-order chi connectivity index (χ1) is 22.5. The maximum atomic E-state index is 15.2. The summed E-state index contributed by atoms with van der Waals surface area (Å²) in [6, 6.07) is 6.95. The third kappa shape index (κ3) is 8.31. The van der Waals surface area contributed by atoms with Crippen LogP contribution in [0, 0.1) is 23.4 Å². The highest BCUT2D eigenvalue weighted by Crippen LogP contribution is 2.65. The lowest BCUT2D eigenvalue weighted by atomic mass is 9.96. The number of carbonyl (C=O) groups excluding carboxylic acids is 3. The third-order valence-corrected chi connectivity index (χ3v) is 8.92. The van der Waals surface area contributed by atoms with Gasteiger partial charge in [-0.1, -0.05) is 23.7 Å². The molecule has 0 unspecified atom stereocenters. The van der Waals surface area contributed by atoms with Crippen molar-refractivity contribution in [2.24, 2.45) is 5.92 Å². The average Bonchev–Trinajstić information content (AvgIpc) is 3.57. The second-order valence-electron chi connectivity index (χ2n) is 11.1. The van der Waals surface area contributed by atoms with E-state index in [0.29, 0.717) is 18.2 Å². The molecule has 3 aromatic carbocycles. The average molecular weight is 769 g/mol. The van der Waals surface area contributed by atoms with Gasteiger partial charge in [-0.05, 0) is 47.5 Å². The highest BCUT2D eigenvalue weighted by molar-refractivity contribution is 6.53. The molecule has 0 heterocycles. The van der Waals surface area contributed by atoms with Crippen LogP contribution in [-0.4, -0.2) is 33.9 Å². The molecule has 0 bridgehead atoms. The summed E-state index contributed by atoms with van der Waals surface area (Å²) in [6.07, 6.45) is -16.3. The van der Waals surface area contributed by atoms with Crippen LogP contribution < -0.4 is 5.32 Å². The van der Waals surface area contributed by atoms with Crippen LogP contribution in [-0.2, 0) is 28.6 Å². The first-order valence-corrected chi connectivity index (χ1v) is 14.9. The van der Waals surface area contributed by atoms with Gasteiger partial charge in [-0.15, -0.1) is 23.2 Å². The van der Waals surface area contributed by atoms with Crippen molar-refractivity contribution in [3.63, 3.8) is 0 Å². The summed E-state index contributed by atoms with van der Waals surface area (Å²) in [6.45, 7) is 0. The summed E-state index contributed by atoms with van der Waals surface area (Å²) in [4.78, 5) is 38.2. The summed E-state index contributed by atoms with van der Waals surface area (Å²) < 4.78 is 144. The van der Waals surface area contributed by atoms with E-state index in [1.807, 2.05) is 0 Å². The summed E-state index contributed by atoms with van der Waals surface area (Å²) in [5.41, 5.74) is -3.63. The first-order valence-electron chi connectivity index (χ1n) is 13.8. The molecule has 1 amide bonds. The standard InChI is InChI=1S/C31H19Cl3F11NO3/c32-20-4-3-15(46-27(49)25-24(29(25,33)34)13-1-6-22(36)19(9-13)30(40,41)42)11-17(20)23(48)10-14-2-5-21(35)18(26(14)37)12-16(47)7-8-28(38,39)31(43,44)45/h1-6,9,11,24-25H,7-8,10,12H2,(H,46,49)/t24-,25+/m0/s1. The molecule has 0 aromatic heterocycles. The maximum Gasteiger partial charge on any atom is 0.453 e. The lowest BCUT2D eigenvalue weighted by Crippen LogP contribution is -2.36. The van der Waals surface area contributed by atoms with Crippen molar-refractivity contribution in [3.8, 4) is 0 Å². The number of anilines is 1. The van der Waals surface area contributed by atoms with E-state index in [0.717, 1.165) is 24.3 Å². The fourth-order valence-corrected chi connectivity index (χ4v) is 6.05. The smallest absolute Gasteiger partial charge is 0.326 e. The number of alkyl halides is 10. The highest BCUT2D eigenvalue weighted by Gasteiger charge is 2.68. The molecule has 4 nitrogen and oxygen atoms in total. The number of ketones is 2. The van der Waals surface area contributed by atoms with E-state index >= 15 is 4.39 Å². The van der Waals surface area contributed by atoms with Gasteiger partial charge >= 0.3 is 18.3 Å². The number of amides is 1. The number of benzene rings is 3. The molecule has 1 aliphatic carbocycles. The van der Waals surface area contributed by atoms with Gasteiger partial charge in [0.25, 0.3) is 0 Å². The summed E-state index contributed by atoms with van der Waals surface area (Å²) in [7, 11) is 0. The Morgan fingerprint density at radius 3 is 2.06 bits per heavy atom. The molecule has 2 atom stereocenters. The Hall–Kier alpha value is -3.43. The van der Waals surface area contributed by atoms with Gasteiger partial charge in [0.05, 0.1) is 16.5 Å². The fraction of sp³-hybridized carbons (Fsp3) is 0.323. The molecule has 1 N–H and O–H groups in total. The molecule has 0 radical (unpaired) electrons. The molecular weight excluding hydrogens is 750 g/mol. The van der Waals surface area contributed by atoms with Crippen molar-refractivity contribution in [2.75, 3.05) is 5.32 Å². The summed E-state index contributed by atoms with van der Waals surface area (Å²) in [5.74, 6) is -15.2. The molecule has 1 fully saturated rings. The molecule has 1 saturated carbocycles. The Kier molecular flexibility index (Phi) is 10.7. The molecule has 0 saturated heterocycles. The molecule has 49 heavy (non-hydrogen) atoms. The lowest BCUT2D eigenvalue weighted by molar-refractivity contribution is -0.284. The lowest BCUT2D eigenvalue weighted by Gasteiger charge is -2.19. The Morgan fingerprint density at radius 1 is 0.816 bits per heavy atom. The highest BCUT2D eigenvalue weighted by atomic mass is 35.5. The van der Waals surface area contributed by atoms with Crippen molar-refractivity contribution >= 4 is 58.0 Å². The van der Waals surface area contributed by atoms with Crippen LogP contribution in [0.15, 0.2) is 48.5 Å². The van der Waals surface area contributed by atoms with E-state index in [-0.39, 0.29) is 21.8 Å². The Bertz CT molecular complexity index is 1810. The van der Waals surface area contributed by atoms with Gasteiger partial charge in [-0.2, -0.15) is 35.1 Å². The van der Waals surface area contributed by atoms with E-state index in [1.54, 1.807) is 0 Å². The van der Waals surface area contributed by atoms with Crippen molar-refractivity contribution in [3.05, 3.63) is 98.8 Å². The number of nitrogens with one attached hydrogen (secondary N) is 1. The monoisotopic (exact) mass is 767 g/mol. The zero-order valence-corrected chi connectivity index (χ0v) is 26.4. The van der Waals surface area contributed by atoms with Crippen molar-refractivity contribution in [1.29, 1.82) is 0 Å². The number of rotatable bonds is 11. The summed E-state index contributed by atoms with van der Waals surface area (Å²) >= 11 is 18.5. The predicted molar refractivity (Wildman–Crippen MR) is 155 cm³/mol. The van der Waals surface area contributed by atoms with Crippen molar-refractivity contribution < 1.29 is 62.7 Å². The number of hydrogen-bond acceptors (Lipinski definition) is 3. The second kappa shape index (κ2) is 13.7. The maximum absolute atomic E-state index is 15.2. The van der Waals surface area contributed by atoms with E-state index in [2.05, 4.69) is 5.32 Å². The van der Waals surface area contributed by atoms with Crippen molar-refractivity contribution in [2.45, 2.75) is 54.2 Å². The Balaban J connectivity index is 1.48. The third-order valence-electron chi connectivity index (χ3n) is 7.65. The number of Topliss-reactive ketones (excluding diaryl/α,β-unsaturated/α-hetero) is 2. The van der Waals surface area contributed by atoms with Gasteiger partial charge in [0, 0.05) is 48.4 Å². The van der Waals surface area contributed by atoms with Crippen LogP contribution in [0.1, 0.15) is 51.4 Å². The van der Waals surface area contributed by atoms with Gasteiger partial charge in [0.1, 0.15) is 27.6 Å². The quantitative estimate of drug-likeness (QED) is 0.120. The zero-order valence-electron chi connectivity index (χ0n) is 24.1. The van der Waals surface area contributed by atoms with Crippen LogP contribution in [0.3, 0.4) is 0 Å². The van der Waals surface area contributed by atoms with Crippen LogP contribution in [0.5, 0.6) is 0 Å². The van der Waals surface area contributed by atoms with Gasteiger partial charge < -0.3 is 5.32 Å². The van der Waals surface area contributed by atoms with Gasteiger partial charge in [-0.25, -0.2) is 13.2 Å². The molecule has 4 rings (SSSR count). The first kappa shape index (κ1) is 38.4. The van der Waals surface area contributed by atoms with Crippen LogP contribution in [0.2, 0.25) is 5.02 Å². The van der Waals surface area contributed by atoms with E-state index < -0.39 is 112 Å². The normalized spacial score (nSPS) is 17.5.